The van der Waals surface area contributed by atoms with Crippen LogP contribution in [-0.2, 0) is 6.42 Å². The van der Waals surface area contributed by atoms with Gasteiger partial charge in [0.15, 0.2) is 0 Å². The molecule has 20 heavy (non-hydrogen) atoms. The van der Waals surface area contributed by atoms with Crippen LogP contribution in [0.15, 0.2) is 48.5 Å². The van der Waals surface area contributed by atoms with Crippen molar-refractivity contribution in [1.82, 2.24) is 0 Å². The smallest absolute Gasteiger partial charge is 0.493 e. The zero-order chi connectivity index (χ0) is 14.4. The molecule has 0 aromatic heterocycles. The third-order valence-corrected chi connectivity index (χ3v) is 2.49. The summed E-state index contributed by atoms with van der Waals surface area (Å²) in [6.45, 7) is 0.431. The Morgan fingerprint density at radius 2 is 1.75 bits per heavy atom. The number of halogens is 3. The number of ether oxygens (including phenoxy) is 2. The van der Waals surface area contributed by atoms with Gasteiger partial charge in [0.05, 0.1) is 6.61 Å². The Hall–Kier alpha value is -2.17. The minimum atomic E-state index is -4.66. The molecule has 105 valence electrons. The van der Waals surface area contributed by atoms with Crippen molar-refractivity contribution in [2.75, 3.05) is 6.61 Å². The van der Waals surface area contributed by atoms with Crippen molar-refractivity contribution >= 4 is 0 Å². The van der Waals surface area contributed by atoms with E-state index in [1.54, 1.807) is 24.3 Å². The normalized spacial score (nSPS) is 11.2. The second kappa shape index (κ2) is 6.32. The quantitative estimate of drug-likeness (QED) is 0.824. The maximum atomic E-state index is 12.0. The first-order valence-electron chi connectivity index (χ1n) is 5.97. The summed E-state index contributed by atoms with van der Waals surface area (Å²) in [5.74, 6) is 0.420. The van der Waals surface area contributed by atoms with Gasteiger partial charge in [0, 0.05) is 12.5 Å². The van der Waals surface area contributed by atoms with Crippen LogP contribution in [0.2, 0.25) is 0 Å². The van der Waals surface area contributed by atoms with Crippen LogP contribution in [0.25, 0.3) is 0 Å². The molecular weight excluding hydrogens is 269 g/mol. The maximum absolute atomic E-state index is 12.0. The van der Waals surface area contributed by atoms with Crippen molar-refractivity contribution in [3.63, 3.8) is 0 Å². The van der Waals surface area contributed by atoms with Crippen molar-refractivity contribution < 1.29 is 22.6 Å². The van der Waals surface area contributed by atoms with E-state index in [1.165, 1.54) is 12.1 Å². The van der Waals surface area contributed by atoms with Crippen LogP contribution in [0, 0.1) is 6.07 Å². The molecule has 0 saturated heterocycles. The molecule has 0 heterocycles. The standard InChI is InChI=1S/C15H12F3O2/c16-15(17,18)20-14-8-6-12(7-9-14)10-11-19-13-4-2-1-3-5-13/h1-4,6-9H,10-11H2. The largest absolute Gasteiger partial charge is 0.573 e. The van der Waals surface area contributed by atoms with Gasteiger partial charge in [-0.15, -0.1) is 13.2 Å². The van der Waals surface area contributed by atoms with E-state index in [1.807, 2.05) is 12.1 Å². The Morgan fingerprint density at radius 3 is 2.35 bits per heavy atom. The van der Waals surface area contributed by atoms with Gasteiger partial charge in [-0.25, -0.2) is 0 Å². The lowest BCUT2D eigenvalue weighted by atomic mass is 10.1. The van der Waals surface area contributed by atoms with Crippen LogP contribution < -0.4 is 9.47 Å². The molecule has 0 aliphatic heterocycles. The summed E-state index contributed by atoms with van der Waals surface area (Å²) in [5, 5.41) is 0. The third kappa shape index (κ3) is 4.84. The highest BCUT2D eigenvalue weighted by Gasteiger charge is 2.30. The Bertz CT molecular complexity index is 521. The molecule has 2 nitrogen and oxygen atoms in total. The van der Waals surface area contributed by atoms with E-state index in [9.17, 15) is 13.2 Å². The van der Waals surface area contributed by atoms with Gasteiger partial charge in [-0.1, -0.05) is 30.3 Å². The lowest BCUT2D eigenvalue weighted by Crippen LogP contribution is -2.17. The van der Waals surface area contributed by atoms with Crippen LogP contribution in [0.3, 0.4) is 0 Å². The highest BCUT2D eigenvalue weighted by Crippen LogP contribution is 2.22. The number of para-hydroxylation sites is 1. The van der Waals surface area contributed by atoms with Crippen molar-refractivity contribution in [2.45, 2.75) is 12.8 Å². The van der Waals surface area contributed by atoms with E-state index < -0.39 is 6.36 Å². The van der Waals surface area contributed by atoms with E-state index in [2.05, 4.69) is 10.8 Å². The predicted octanol–water partition coefficient (Wildman–Crippen LogP) is 4.01. The number of rotatable bonds is 5. The Labute approximate surface area is 114 Å². The Balaban J connectivity index is 1.82. The van der Waals surface area contributed by atoms with Crippen LogP contribution in [-0.4, -0.2) is 13.0 Å². The van der Waals surface area contributed by atoms with E-state index in [0.717, 1.165) is 5.56 Å². The molecule has 0 saturated carbocycles. The molecule has 0 fully saturated rings. The first-order valence-corrected chi connectivity index (χ1v) is 5.97. The molecule has 0 aliphatic rings. The van der Waals surface area contributed by atoms with E-state index in [0.29, 0.717) is 18.8 Å². The Morgan fingerprint density at radius 1 is 1.00 bits per heavy atom. The van der Waals surface area contributed by atoms with Crippen molar-refractivity contribution in [1.29, 1.82) is 0 Å². The van der Waals surface area contributed by atoms with E-state index in [4.69, 9.17) is 4.74 Å². The van der Waals surface area contributed by atoms with Crippen LogP contribution in [0.4, 0.5) is 13.2 Å². The summed E-state index contributed by atoms with van der Waals surface area (Å²) >= 11 is 0. The third-order valence-electron chi connectivity index (χ3n) is 2.49. The van der Waals surface area contributed by atoms with Crippen LogP contribution in [0.1, 0.15) is 5.56 Å². The van der Waals surface area contributed by atoms with E-state index >= 15 is 0 Å². The summed E-state index contributed by atoms with van der Waals surface area (Å²) in [6, 6.07) is 15.9. The minimum Gasteiger partial charge on any atom is -0.493 e. The lowest BCUT2D eigenvalue weighted by molar-refractivity contribution is -0.274. The molecule has 0 aliphatic carbocycles. The summed E-state index contributed by atoms with van der Waals surface area (Å²) in [6.07, 6.45) is -4.07. The highest BCUT2D eigenvalue weighted by molar-refractivity contribution is 5.27. The fourth-order valence-corrected chi connectivity index (χ4v) is 1.60. The van der Waals surface area contributed by atoms with Crippen LogP contribution >= 0.6 is 0 Å². The lowest BCUT2D eigenvalue weighted by Gasteiger charge is -2.09. The first kappa shape index (κ1) is 14.2. The van der Waals surface area contributed by atoms with Crippen molar-refractivity contribution in [3.05, 3.63) is 60.2 Å². The molecule has 2 aromatic carbocycles. The van der Waals surface area contributed by atoms with Gasteiger partial charge in [-0.05, 0) is 23.8 Å². The second-order valence-electron chi connectivity index (χ2n) is 4.02. The monoisotopic (exact) mass is 281 g/mol. The fourth-order valence-electron chi connectivity index (χ4n) is 1.60. The maximum Gasteiger partial charge on any atom is 0.573 e. The topological polar surface area (TPSA) is 18.5 Å². The molecule has 0 atom stereocenters. The molecule has 1 radical (unpaired) electrons. The molecule has 5 heteroatoms. The van der Waals surface area contributed by atoms with Gasteiger partial charge in [-0.3, -0.25) is 0 Å². The SMILES string of the molecule is FC(F)(F)Oc1ccc(CCOc2[c]cccc2)cc1. The predicted molar refractivity (Wildman–Crippen MR) is 67.6 cm³/mol. The molecule has 0 bridgehead atoms. The number of hydrogen-bond donors (Lipinski definition) is 0. The molecule has 0 spiro atoms. The zero-order valence-corrected chi connectivity index (χ0v) is 10.5. The Kier molecular flexibility index (Phi) is 4.50. The zero-order valence-electron chi connectivity index (χ0n) is 10.5. The van der Waals surface area contributed by atoms with E-state index in [-0.39, 0.29) is 5.75 Å². The van der Waals surface area contributed by atoms with Gasteiger partial charge in [0.2, 0.25) is 0 Å². The average Bonchev–Trinajstić information content (AvgIpc) is 2.40. The van der Waals surface area contributed by atoms with Gasteiger partial charge >= 0.3 is 6.36 Å². The van der Waals surface area contributed by atoms with Gasteiger partial charge in [-0.2, -0.15) is 0 Å². The average molecular weight is 281 g/mol. The number of hydrogen-bond acceptors (Lipinski definition) is 2. The first-order chi connectivity index (χ1) is 9.53. The molecule has 2 aromatic rings. The summed E-state index contributed by atoms with van der Waals surface area (Å²) in [7, 11) is 0. The second-order valence-corrected chi connectivity index (χ2v) is 4.02. The number of benzene rings is 2. The van der Waals surface area contributed by atoms with Crippen molar-refractivity contribution in [3.8, 4) is 11.5 Å². The van der Waals surface area contributed by atoms with Crippen molar-refractivity contribution in [2.24, 2.45) is 0 Å². The van der Waals surface area contributed by atoms with Gasteiger partial charge in [0.1, 0.15) is 11.5 Å². The minimum absolute atomic E-state index is 0.224. The summed E-state index contributed by atoms with van der Waals surface area (Å²) in [4.78, 5) is 0. The molecule has 2 rings (SSSR count). The molecule has 0 amide bonds. The highest BCUT2D eigenvalue weighted by atomic mass is 19.4. The molecule has 0 N–H and O–H groups in total. The molecule has 0 unspecified atom stereocenters. The van der Waals surface area contributed by atoms with Crippen LogP contribution in [0.5, 0.6) is 11.5 Å². The molecular formula is C15H12F3O2. The van der Waals surface area contributed by atoms with Gasteiger partial charge in [0.25, 0.3) is 0 Å². The summed E-state index contributed by atoms with van der Waals surface area (Å²) < 4.78 is 45.2. The fraction of sp³-hybridized carbons (Fsp3) is 0.200. The van der Waals surface area contributed by atoms with Gasteiger partial charge < -0.3 is 9.47 Å². The summed E-state index contributed by atoms with van der Waals surface area (Å²) in [5.41, 5.74) is 0.871. The number of alkyl halides is 3.